The molecule has 80 valence electrons. The molecule has 5 heteroatoms. The van der Waals surface area contributed by atoms with Crippen molar-refractivity contribution in [1.29, 1.82) is 0 Å². The van der Waals surface area contributed by atoms with Gasteiger partial charge in [0.15, 0.2) is 5.82 Å². The number of likely N-dealkylation sites (N-methyl/N-ethyl adjacent to an activating group) is 1. The normalized spacial score (nSPS) is 10.7. The minimum absolute atomic E-state index is 0.705. The molecule has 0 saturated carbocycles. The minimum atomic E-state index is 0.705. The fourth-order valence-corrected chi connectivity index (χ4v) is 1.97. The van der Waals surface area contributed by atoms with Gasteiger partial charge in [-0.15, -0.1) is 11.3 Å². The number of rotatable bonds is 5. The lowest BCUT2D eigenvalue weighted by atomic mass is 10.3. The molecule has 0 radical (unpaired) electrons. The van der Waals surface area contributed by atoms with Crippen LogP contribution >= 0.6 is 11.3 Å². The Labute approximate surface area is 92.3 Å². The summed E-state index contributed by atoms with van der Waals surface area (Å²) >= 11 is 1.71. The molecule has 0 aromatic carbocycles. The zero-order valence-electron chi connectivity index (χ0n) is 8.56. The van der Waals surface area contributed by atoms with Crippen LogP contribution in [-0.4, -0.2) is 23.7 Å². The molecule has 2 aromatic heterocycles. The summed E-state index contributed by atoms with van der Waals surface area (Å²) in [7, 11) is 1.91. The van der Waals surface area contributed by atoms with Crippen LogP contribution in [0.1, 0.15) is 16.6 Å². The van der Waals surface area contributed by atoms with E-state index in [1.165, 1.54) is 4.88 Å². The third-order valence-electron chi connectivity index (χ3n) is 2.01. The molecule has 0 saturated heterocycles. The van der Waals surface area contributed by atoms with Crippen LogP contribution in [0.5, 0.6) is 0 Å². The van der Waals surface area contributed by atoms with E-state index in [9.17, 15) is 0 Å². The number of nitrogens with one attached hydrogen (secondary N) is 1. The van der Waals surface area contributed by atoms with Crippen LogP contribution in [-0.2, 0) is 12.8 Å². The van der Waals surface area contributed by atoms with E-state index in [-0.39, 0.29) is 0 Å². The van der Waals surface area contributed by atoms with Crippen LogP contribution in [0, 0.1) is 0 Å². The molecular weight excluding hydrogens is 210 g/mol. The Hall–Kier alpha value is -1.20. The summed E-state index contributed by atoms with van der Waals surface area (Å²) in [5.41, 5.74) is 0. The second-order valence-corrected chi connectivity index (χ2v) is 4.25. The lowest BCUT2D eigenvalue weighted by molar-refractivity contribution is 0.373. The molecule has 0 bridgehead atoms. The molecule has 2 rings (SSSR count). The number of nitrogens with zero attached hydrogens (tertiary/aromatic N) is 2. The molecule has 0 fully saturated rings. The molecular formula is C10H13N3OS. The summed E-state index contributed by atoms with van der Waals surface area (Å²) < 4.78 is 5.12. The van der Waals surface area contributed by atoms with Crippen molar-refractivity contribution in [2.24, 2.45) is 0 Å². The summed E-state index contributed by atoms with van der Waals surface area (Å²) in [6, 6.07) is 4.11. The molecule has 15 heavy (non-hydrogen) atoms. The van der Waals surface area contributed by atoms with Crippen molar-refractivity contribution < 1.29 is 4.52 Å². The largest absolute Gasteiger partial charge is 0.339 e. The summed E-state index contributed by atoms with van der Waals surface area (Å²) in [5.74, 6) is 1.47. The first-order chi connectivity index (χ1) is 7.38. The molecule has 2 aromatic rings. The quantitative estimate of drug-likeness (QED) is 0.834. The lowest BCUT2D eigenvalue weighted by Gasteiger charge is -1.91. The Kier molecular flexibility index (Phi) is 3.47. The maximum absolute atomic E-state index is 5.12. The van der Waals surface area contributed by atoms with Crippen LogP contribution in [0.4, 0.5) is 0 Å². The first-order valence-electron chi connectivity index (χ1n) is 4.87. The van der Waals surface area contributed by atoms with Gasteiger partial charge in [-0.05, 0) is 18.5 Å². The molecule has 0 aliphatic rings. The van der Waals surface area contributed by atoms with Gasteiger partial charge < -0.3 is 9.84 Å². The third-order valence-corrected chi connectivity index (χ3v) is 2.89. The second kappa shape index (κ2) is 5.04. The van der Waals surface area contributed by atoms with Gasteiger partial charge >= 0.3 is 0 Å². The monoisotopic (exact) mass is 223 g/mol. The van der Waals surface area contributed by atoms with Crippen molar-refractivity contribution in [2.75, 3.05) is 13.6 Å². The highest BCUT2D eigenvalue weighted by molar-refractivity contribution is 7.09. The van der Waals surface area contributed by atoms with E-state index < -0.39 is 0 Å². The van der Waals surface area contributed by atoms with Crippen molar-refractivity contribution in [3.05, 3.63) is 34.1 Å². The zero-order valence-corrected chi connectivity index (χ0v) is 9.38. The topological polar surface area (TPSA) is 51.0 Å². The average molecular weight is 223 g/mol. The van der Waals surface area contributed by atoms with Crippen LogP contribution in [0.15, 0.2) is 22.0 Å². The highest BCUT2D eigenvalue weighted by Gasteiger charge is 2.06. The number of thiophene rings is 1. The molecule has 0 spiro atoms. The van der Waals surface area contributed by atoms with Crippen LogP contribution in [0.3, 0.4) is 0 Å². The molecule has 0 atom stereocenters. The van der Waals surface area contributed by atoms with Gasteiger partial charge in [0, 0.05) is 24.3 Å². The zero-order chi connectivity index (χ0) is 10.5. The van der Waals surface area contributed by atoms with E-state index in [0.717, 1.165) is 25.2 Å². The van der Waals surface area contributed by atoms with Gasteiger partial charge in [0.2, 0.25) is 5.89 Å². The van der Waals surface area contributed by atoms with Crippen LogP contribution in [0.2, 0.25) is 0 Å². The predicted octanol–water partition coefficient (Wildman–Crippen LogP) is 1.48. The van der Waals surface area contributed by atoms with Crippen LogP contribution in [0.25, 0.3) is 0 Å². The summed E-state index contributed by atoms with van der Waals surface area (Å²) in [5, 5.41) is 9.03. The molecule has 0 amide bonds. The van der Waals surface area contributed by atoms with Gasteiger partial charge in [-0.25, -0.2) is 0 Å². The van der Waals surface area contributed by atoms with E-state index in [1.807, 2.05) is 13.1 Å². The SMILES string of the molecule is CNCCc1nc(Cc2cccs2)no1. The third kappa shape index (κ3) is 2.87. The Balaban J connectivity index is 1.95. The average Bonchev–Trinajstić information content (AvgIpc) is 2.87. The number of hydrogen-bond donors (Lipinski definition) is 1. The standard InChI is InChI=1S/C10H13N3OS/c1-11-5-4-10-12-9(13-14-10)7-8-3-2-6-15-8/h2-3,6,11H,4-5,7H2,1H3. The molecule has 1 N–H and O–H groups in total. The van der Waals surface area contributed by atoms with Crippen molar-refractivity contribution in [3.8, 4) is 0 Å². The highest BCUT2D eigenvalue weighted by Crippen LogP contribution is 2.12. The first kappa shape index (κ1) is 10.3. The van der Waals surface area contributed by atoms with Crippen molar-refractivity contribution in [2.45, 2.75) is 12.8 Å². The fourth-order valence-electron chi connectivity index (χ4n) is 1.26. The van der Waals surface area contributed by atoms with Gasteiger partial charge in [-0.2, -0.15) is 4.98 Å². The van der Waals surface area contributed by atoms with E-state index in [2.05, 4.69) is 26.9 Å². The van der Waals surface area contributed by atoms with Gasteiger partial charge in [0.25, 0.3) is 0 Å². The van der Waals surface area contributed by atoms with Gasteiger partial charge in [0.05, 0.1) is 0 Å². The van der Waals surface area contributed by atoms with Gasteiger partial charge in [0.1, 0.15) is 0 Å². The molecule has 4 nitrogen and oxygen atoms in total. The molecule has 0 unspecified atom stereocenters. The maximum atomic E-state index is 5.12. The van der Waals surface area contributed by atoms with E-state index in [4.69, 9.17) is 4.52 Å². The smallest absolute Gasteiger partial charge is 0.227 e. The second-order valence-electron chi connectivity index (χ2n) is 3.21. The number of aromatic nitrogens is 2. The highest BCUT2D eigenvalue weighted by atomic mass is 32.1. The van der Waals surface area contributed by atoms with Crippen molar-refractivity contribution in [1.82, 2.24) is 15.5 Å². The van der Waals surface area contributed by atoms with E-state index >= 15 is 0 Å². The Morgan fingerprint density at radius 3 is 3.20 bits per heavy atom. The molecule has 0 aliphatic carbocycles. The van der Waals surface area contributed by atoms with Gasteiger partial charge in [-0.1, -0.05) is 11.2 Å². The maximum Gasteiger partial charge on any atom is 0.227 e. The van der Waals surface area contributed by atoms with Gasteiger partial charge in [-0.3, -0.25) is 0 Å². The number of hydrogen-bond acceptors (Lipinski definition) is 5. The Bertz CT molecular complexity index is 396. The predicted molar refractivity (Wildman–Crippen MR) is 59.1 cm³/mol. The minimum Gasteiger partial charge on any atom is -0.339 e. The lowest BCUT2D eigenvalue weighted by Crippen LogP contribution is -2.10. The van der Waals surface area contributed by atoms with Crippen LogP contribution < -0.4 is 5.32 Å². The van der Waals surface area contributed by atoms with Crippen molar-refractivity contribution >= 4 is 11.3 Å². The molecule has 0 aliphatic heterocycles. The summed E-state index contributed by atoms with van der Waals surface area (Å²) in [6.45, 7) is 0.862. The van der Waals surface area contributed by atoms with E-state index in [0.29, 0.717) is 5.89 Å². The summed E-state index contributed by atoms with van der Waals surface area (Å²) in [6.07, 6.45) is 1.55. The Morgan fingerprint density at radius 2 is 2.47 bits per heavy atom. The van der Waals surface area contributed by atoms with E-state index in [1.54, 1.807) is 11.3 Å². The fraction of sp³-hybridized carbons (Fsp3) is 0.400. The molecule has 2 heterocycles. The summed E-state index contributed by atoms with van der Waals surface area (Å²) in [4.78, 5) is 5.57. The Morgan fingerprint density at radius 1 is 1.53 bits per heavy atom. The van der Waals surface area contributed by atoms with Crippen molar-refractivity contribution in [3.63, 3.8) is 0 Å². The first-order valence-corrected chi connectivity index (χ1v) is 5.75.